The van der Waals surface area contributed by atoms with Gasteiger partial charge in [-0.25, -0.2) is 0 Å². The molecular formula is C23H25F3O. The number of unbranched alkanes of at least 4 members (excludes halogenated alkanes) is 2. The van der Waals surface area contributed by atoms with Crippen LogP contribution in [0.4, 0.5) is 13.2 Å². The first-order valence-corrected chi connectivity index (χ1v) is 9.70. The van der Waals surface area contributed by atoms with Crippen LogP contribution in [0, 0.1) is 17.8 Å². The van der Waals surface area contributed by atoms with Gasteiger partial charge < -0.3 is 4.74 Å². The van der Waals surface area contributed by atoms with E-state index in [0.717, 1.165) is 29.4 Å². The highest BCUT2D eigenvalue weighted by Crippen LogP contribution is 2.34. The molecule has 0 N–H and O–H groups in total. The van der Waals surface area contributed by atoms with Gasteiger partial charge >= 0.3 is 6.18 Å². The zero-order chi connectivity index (χ0) is 19.3. The summed E-state index contributed by atoms with van der Waals surface area (Å²) < 4.78 is 42.8. The van der Waals surface area contributed by atoms with Gasteiger partial charge in [0.05, 0.1) is 12.7 Å². The average Bonchev–Trinajstić information content (AvgIpc) is 2.66. The number of fused-ring (bicyclic) bond motifs is 1. The van der Waals surface area contributed by atoms with E-state index in [9.17, 15) is 13.2 Å². The fourth-order valence-corrected chi connectivity index (χ4v) is 3.66. The molecule has 0 aromatic heterocycles. The van der Waals surface area contributed by atoms with Gasteiger partial charge in [0, 0.05) is 11.5 Å². The lowest BCUT2D eigenvalue weighted by atomic mass is 9.90. The first-order chi connectivity index (χ1) is 12.9. The highest BCUT2D eigenvalue weighted by Gasteiger charge is 2.23. The van der Waals surface area contributed by atoms with E-state index in [1.165, 1.54) is 38.0 Å². The largest absolute Gasteiger partial charge is 0.458 e. The van der Waals surface area contributed by atoms with Crippen LogP contribution < -0.4 is 0 Å². The van der Waals surface area contributed by atoms with Crippen molar-refractivity contribution in [2.24, 2.45) is 5.92 Å². The van der Waals surface area contributed by atoms with Crippen molar-refractivity contribution in [2.75, 3.05) is 6.61 Å². The third-order valence-corrected chi connectivity index (χ3v) is 5.17. The third kappa shape index (κ3) is 5.74. The Morgan fingerprint density at radius 3 is 2.52 bits per heavy atom. The highest BCUT2D eigenvalue weighted by atomic mass is 19.4. The van der Waals surface area contributed by atoms with Crippen LogP contribution in [0.15, 0.2) is 36.4 Å². The van der Waals surface area contributed by atoms with Crippen molar-refractivity contribution in [3.05, 3.63) is 47.5 Å². The second kappa shape index (κ2) is 8.80. The molecular weight excluding hydrogens is 349 g/mol. The monoisotopic (exact) mass is 374 g/mol. The van der Waals surface area contributed by atoms with Crippen LogP contribution in [0.2, 0.25) is 0 Å². The Morgan fingerprint density at radius 1 is 1.04 bits per heavy atom. The molecule has 0 saturated carbocycles. The summed E-state index contributed by atoms with van der Waals surface area (Å²) in [6, 6.07) is 11.2. The summed E-state index contributed by atoms with van der Waals surface area (Å²) in [6.07, 6.45) is 2.93. The molecule has 0 spiro atoms. The maximum absolute atomic E-state index is 12.2. The van der Waals surface area contributed by atoms with Gasteiger partial charge in [0.1, 0.15) is 0 Å². The molecule has 0 amide bonds. The van der Waals surface area contributed by atoms with Crippen LogP contribution in [-0.2, 0) is 4.74 Å². The Balaban J connectivity index is 1.66. The van der Waals surface area contributed by atoms with E-state index in [2.05, 4.69) is 18.9 Å². The highest BCUT2D eigenvalue weighted by molar-refractivity contribution is 5.84. The van der Waals surface area contributed by atoms with E-state index in [1.807, 2.05) is 18.2 Å². The molecule has 144 valence electrons. The third-order valence-electron chi connectivity index (χ3n) is 5.17. The van der Waals surface area contributed by atoms with E-state index in [-0.39, 0.29) is 6.10 Å². The second-order valence-corrected chi connectivity index (χ2v) is 7.33. The average molecular weight is 374 g/mol. The SMILES string of the molecule is CCCCCC1CCC(c2ccc3cc(C#CC(F)(F)F)ccc3c2)OC1. The van der Waals surface area contributed by atoms with Gasteiger partial charge in [-0.15, -0.1) is 0 Å². The van der Waals surface area contributed by atoms with Crippen LogP contribution in [-0.4, -0.2) is 12.8 Å². The number of ether oxygens (including phenoxy) is 1. The van der Waals surface area contributed by atoms with Gasteiger partial charge in [-0.3, -0.25) is 0 Å². The smallest absolute Gasteiger partial charge is 0.373 e. The molecule has 27 heavy (non-hydrogen) atoms. The van der Waals surface area contributed by atoms with E-state index in [1.54, 1.807) is 12.1 Å². The molecule has 1 saturated heterocycles. The molecule has 2 atom stereocenters. The van der Waals surface area contributed by atoms with Crippen molar-refractivity contribution in [2.45, 2.75) is 57.7 Å². The second-order valence-electron chi connectivity index (χ2n) is 7.33. The number of hydrogen-bond acceptors (Lipinski definition) is 1. The van der Waals surface area contributed by atoms with Crippen LogP contribution in [0.25, 0.3) is 10.8 Å². The van der Waals surface area contributed by atoms with E-state index >= 15 is 0 Å². The quantitative estimate of drug-likeness (QED) is 0.413. The number of alkyl halides is 3. The lowest BCUT2D eigenvalue weighted by molar-refractivity contribution is -0.0696. The summed E-state index contributed by atoms with van der Waals surface area (Å²) in [7, 11) is 0. The molecule has 0 bridgehead atoms. The molecule has 1 heterocycles. The van der Waals surface area contributed by atoms with Crippen LogP contribution in [0.1, 0.15) is 62.7 Å². The van der Waals surface area contributed by atoms with Gasteiger partial charge in [0.15, 0.2) is 0 Å². The Kier molecular flexibility index (Phi) is 6.44. The molecule has 3 rings (SSSR count). The number of halogens is 3. The summed E-state index contributed by atoms with van der Waals surface area (Å²) in [5.74, 6) is 4.17. The molecule has 0 aliphatic carbocycles. The predicted octanol–water partition coefficient (Wildman–Crippen LogP) is 6.80. The molecule has 1 fully saturated rings. The molecule has 2 unspecified atom stereocenters. The Labute approximate surface area is 158 Å². The molecule has 4 heteroatoms. The fourth-order valence-electron chi connectivity index (χ4n) is 3.66. The number of benzene rings is 2. The molecule has 2 aromatic carbocycles. The van der Waals surface area contributed by atoms with Gasteiger partial charge in [-0.1, -0.05) is 50.3 Å². The lowest BCUT2D eigenvalue weighted by Gasteiger charge is -2.29. The Bertz CT molecular complexity index is 821. The van der Waals surface area contributed by atoms with Crippen molar-refractivity contribution in [3.8, 4) is 11.8 Å². The summed E-state index contributed by atoms with van der Waals surface area (Å²) >= 11 is 0. The first kappa shape index (κ1) is 19.8. The van der Waals surface area contributed by atoms with Crippen LogP contribution >= 0.6 is 0 Å². The first-order valence-electron chi connectivity index (χ1n) is 9.70. The molecule has 1 aliphatic rings. The maximum Gasteiger partial charge on any atom is 0.458 e. The van der Waals surface area contributed by atoms with Crippen molar-refractivity contribution in [3.63, 3.8) is 0 Å². The van der Waals surface area contributed by atoms with Crippen molar-refractivity contribution >= 4 is 10.8 Å². The van der Waals surface area contributed by atoms with Crippen LogP contribution in [0.5, 0.6) is 0 Å². The number of rotatable bonds is 5. The van der Waals surface area contributed by atoms with E-state index < -0.39 is 6.18 Å². The summed E-state index contributed by atoms with van der Waals surface area (Å²) in [4.78, 5) is 0. The minimum atomic E-state index is -4.47. The summed E-state index contributed by atoms with van der Waals surface area (Å²) in [5, 5.41) is 1.89. The fraction of sp³-hybridized carbons (Fsp3) is 0.478. The maximum atomic E-state index is 12.2. The summed E-state index contributed by atoms with van der Waals surface area (Å²) in [6.45, 7) is 3.04. The lowest BCUT2D eigenvalue weighted by Crippen LogP contribution is -2.20. The van der Waals surface area contributed by atoms with E-state index in [0.29, 0.717) is 11.5 Å². The van der Waals surface area contributed by atoms with E-state index in [4.69, 9.17) is 4.74 Å². The van der Waals surface area contributed by atoms with Gasteiger partial charge in [0.2, 0.25) is 0 Å². The van der Waals surface area contributed by atoms with Crippen molar-refractivity contribution < 1.29 is 17.9 Å². The standard InChI is InChI=1S/C23H25F3O/c1-2-3-4-5-18-7-11-22(27-16-18)21-10-9-19-14-17(6-8-20(19)15-21)12-13-23(24,25)26/h6,8-10,14-15,18,22H,2-5,7,11,16H2,1H3. The minimum absolute atomic E-state index is 0.113. The van der Waals surface area contributed by atoms with Crippen LogP contribution in [0.3, 0.4) is 0 Å². The summed E-state index contributed by atoms with van der Waals surface area (Å²) in [5.41, 5.74) is 1.51. The van der Waals surface area contributed by atoms with Gasteiger partial charge in [0.25, 0.3) is 0 Å². The molecule has 1 aliphatic heterocycles. The minimum Gasteiger partial charge on any atom is -0.373 e. The normalized spacial score (nSPS) is 20.3. The van der Waals surface area contributed by atoms with Crippen molar-refractivity contribution in [1.29, 1.82) is 0 Å². The topological polar surface area (TPSA) is 9.23 Å². The molecule has 1 nitrogen and oxygen atoms in total. The number of hydrogen-bond donors (Lipinski definition) is 0. The molecule has 2 aromatic rings. The Hall–Kier alpha value is -1.99. The zero-order valence-corrected chi connectivity index (χ0v) is 15.6. The van der Waals surface area contributed by atoms with Crippen molar-refractivity contribution in [1.82, 2.24) is 0 Å². The predicted molar refractivity (Wildman–Crippen MR) is 102 cm³/mol. The van der Waals surface area contributed by atoms with Gasteiger partial charge in [-0.05, 0) is 59.7 Å². The van der Waals surface area contributed by atoms with Gasteiger partial charge in [-0.2, -0.15) is 13.2 Å². The molecule has 0 radical (unpaired) electrons. The Morgan fingerprint density at radius 2 is 1.81 bits per heavy atom. The zero-order valence-electron chi connectivity index (χ0n) is 15.6.